The van der Waals surface area contributed by atoms with Crippen LogP contribution in [0.15, 0.2) is 11.9 Å². The van der Waals surface area contributed by atoms with Crippen molar-refractivity contribution in [2.24, 2.45) is 0 Å². The molecule has 0 N–H and O–H groups in total. The van der Waals surface area contributed by atoms with Crippen LogP contribution in [-0.2, 0) is 0 Å². The predicted molar refractivity (Wildman–Crippen MR) is 25.6 cm³/mol. The molecule has 0 spiro atoms. The fraction of sp³-hybridized carbons (Fsp3) is 0.500. The molecule has 0 radical (unpaired) electrons. The molecule has 0 nitrogen and oxygen atoms in total. The van der Waals surface area contributed by atoms with Crippen molar-refractivity contribution in [2.75, 3.05) is 0 Å². The van der Waals surface area contributed by atoms with Crippen molar-refractivity contribution in [3.63, 3.8) is 0 Å². The van der Waals surface area contributed by atoms with Crippen LogP contribution >= 0.6 is 11.6 Å². The van der Waals surface area contributed by atoms with Gasteiger partial charge >= 0.3 is 0 Å². The number of alkyl halides is 2. The van der Waals surface area contributed by atoms with Crippen LogP contribution in [0.5, 0.6) is 0 Å². The molecule has 0 aromatic carbocycles. The molecule has 0 aliphatic carbocycles. The first-order chi connectivity index (χ1) is 3.18. The molecule has 0 heterocycles. The highest BCUT2D eigenvalue weighted by atomic mass is 35.5. The van der Waals surface area contributed by atoms with Gasteiger partial charge in [-0.2, -0.15) is 0 Å². The summed E-state index contributed by atoms with van der Waals surface area (Å²) in [4.78, 5) is 0. The average molecular weight is 127 g/mol. The summed E-state index contributed by atoms with van der Waals surface area (Å²) < 4.78 is 22.7. The maximum Gasteiger partial charge on any atom is 0.197 e. The molecule has 0 aromatic rings. The van der Waals surface area contributed by atoms with Crippen LogP contribution in [0.4, 0.5) is 8.78 Å². The Morgan fingerprint density at radius 3 is 2.29 bits per heavy atom. The Morgan fingerprint density at radius 1 is 1.86 bits per heavy atom. The molecule has 42 valence electrons. The van der Waals surface area contributed by atoms with Crippen molar-refractivity contribution in [1.82, 2.24) is 0 Å². The van der Waals surface area contributed by atoms with Crippen molar-refractivity contribution in [1.29, 1.82) is 0 Å². The third-order valence-corrected chi connectivity index (χ3v) is 0.861. The van der Waals surface area contributed by atoms with Crippen molar-refractivity contribution < 1.29 is 8.78 Å². The minimum Gasteiger partial charge on any atom is -0.225 e. The van der Waals surface area contributed by atoms with Crippen LogP contribution in [0.2, 0.25) is 0 Å². The number of rotatable bonds is 1. The minimum absolute atomic E-state index is 0.0957. The lowest BCUT2D eigenvalue weighted by Gasteiger charge is -1.91. The molecule has 0 bridgehead atoms. The predicted octanol–water partition coefficient (Wildman–Crippen LogP) is 2.39. The molecule has 0 fully saturated rings. The van der Waals surface area contributed by atoms with E-state index >= 15 is 0 Å². The van der Waals surface area contributed by atoms with E-state index in [1.54, 1.807) is 0 Å². The van der Waals surface area contributed by atoms with Gasteiger partial charge in [0.15, 0.2) is 5.63 Å². The van der Waals surface area contributed by atoms with Gasteiger partial charge in [-0.3, -0.25) is 0 Å². The second-order valence-corrected chi connectivity index (χ2v) is 1.54. The molecule has 0 saturated carbocycles. The lowest BCUT2D eigenvalue weighted by molar-refractivity contribution is 0.485. The van der Waals surface area contributed by atoms with Crippen molar-refractivity contribution >= 4 is 11.6 Å². The highest BCUT2D eigenvalue weighted by Crippen LogP contribution is 2.09. The Balaban J connectivity index is 3.56. The standard InChI is InChI=1S/C4H5ClF2/c1-3(2-6)4(5)7/h2,4H,1H3/b3-2+. The minimum atomic E-state index is -1.68. The van der Waals surface area contributed by atoms with Gasteiger partial charge in [0.05, 0.1) is 6.33 Å². The summed E-state index contributed by atoms with van der Waals surface area (Å²) >= 11 is 4.75. The first kappa shape index (κ1) is 6.89. The van der Waals surface area contributed by atoms with E-state index in [0.29, 0.717) is 0 Å². The smallest absolute Gasteiger partial charge is 0.197 e. The van der Waals surface area contributed by atoms with Crippen LogP contribution in [0.3, 0.4) is 0 Å². The fourth-order valence-corrected chi connectivity index (χ4v) is 0.0952. The number of hydrogen-bond acceptors (Lipinski definition) is 0. The molecular formula is C4H5ClF2. The highest BCUT2D eigenvalue weighted by Gasteiger charge is 2.00. The van der Waals surface area contributed by atoms with Crippen molar-refractivity contribution in [2.45, 2.75) is 12.6 Å². The molecule has 0 aliphatic heterocycles. The van der Waals surface area contributed by atoms with Gasteiger partial charge in [-0.25, -0.2) is 8.78 Å². The molecule has 0 aromatic heterocycles. The van der Waals surface area contributed by atoms with Crippen LogP contribution in [0.1, 0.15) is 6.92 Å². The third-order valence-electron chi connectivity index (χ3n) is 0.516. The summed E-state index contributed by atoms with van der Waals surface area (Å²) in [5, 5.41) is 0. The molecule has 0 amide bonds. The van der Waals surface area contributed by atoms with E-state index < -0.39 is 5.63 Å². The Hall–Kier alpha value is -0.110. The van der Waals surface area contributed by atoms with Gasteiger partial charge in [0.2, 0.25) is 0 Å². The second kappa shape index (κ2) is 2.97. The maximum atomic E-state index is 11.6. The monoisotopic (exact) mass is 126 g/mol. The Bertz CT molecular complexity index is 77.8. The van der Waals surface area contributed by atoms with Gasteiger partial charge in [-0.1, -0.05) is 11.6 Å². The molecule has 0 saturated heterocycles. The van der Waals surface area contributed by atoms with Gasteiger partial charge in [0.25, 0.3) is 0 Å². The highest BCUT2D eigenvalue weighted by molar-refractivity contribution is 6.21. The van der Waals surface area contributed by atoms with Crippen LogP contribution < -0.4 is 0 Å². The van der Waals surface area contributed by atoms with E-state index in [1.807, 2.05) is 0 Å². The first-order valence-electron chi connectivity index (χ1n) is 1.73. The lowest BCUT2D eigenvalue weighted by Crippen LogP contribution is -1.86. The van der Waals surface area contributed by atoms with E-state index in [0.717, 1.165) is 0 Å². The van der Waals surface area contributed by atoms with E-state index in [1.165, 1.54) is 6.92 Å². The summed E-state index contributed by atoms with van der Waals surface area (Å²) in [5.74, 6) is 0. The van der Waals surface area contributed by atoms with Gasteiger partial charge in [-0.05, 0) is 6.92 Å². The maximum absolute atomic E-state index is 11.6. The summed E-state index contributed by atoms with van der Waals surface area (Å²) in [6.07, 6.45) is 0.150. The SMILES string of the molecule is C/C(=C\F)C(F)Cl. The third kappa shape index (κ3) is 2.57. The number of hydrogen-bond donors (Lipinski definition) is 0. The zero-order valence-corrected chi connectivity index (χ0v) is 4.54. The first-order valence-corrected chi connectivity index (χ1v) is 2.17. The second-order valence-electron chi connectivity index (χ2n) is 1.15. The van der Waals surface area contributed by atoms with Crippen LogP contribution in [0.25, 0.3) is 0 Å². The zero-order chi connectivity index (χ0) is 5.86. The van der Waals surface area contributed by atoms with Gasteiger partial charge in [0.1, 0.15) is 0 Å². The Labute approximate surface area is 45.8 Å². The molecule has 7 heavy (non-hydrogen) atoms. The molecule has 0 rings (SSSR count). The summed E-state index contributed by atoms with van der Waals surface area (Å²) in [5.41, 5.74) is -1.77. The molecule has 3 heteroatoms. The van der Waals surface area contributed by atoms with Crippen LogP contribution in [0, 0.1) is 0 Å². The zero-order valence-electron chi connectivity index (χ0n) is 3.79. The Kier molecular flexibility index (Phi) is 2.92. The van der Waals surface area contributed by atoms with Crippen LogP contribution in [-0.4, -0.2) is 5.63 Å². The van der Waals surface area contributed by atoms with Crippen molar-refractivity contribution in [3.05, 3.63) is 11.9 Å². The lowest BCUT2D eigenvalue weighted by atomic mass is 10.4. The largest absolute Gasteiger partial charge is 0.225 e. The summed E-state index contributed by atoms with van der Waals surface area (Å²) in [6.45, 7) is 1.28. The van der Waals surface area contributed by atoms with E-state index in [-0.39, 0.29) is 11.9 Å². The average Bonchev–Trinajstić information content (AvgIpc) is 1.65. The van der Waals surface area contributed by atoms with Crippen molar-refractivity contribution in [3.8, 4) is 0 Å². The molecular weight excluding hydrogens is 121 g/mol. The topological polar surface area (TPSA) is 0 Å². The van der Waals surface area contributed by atoms with Gasteiger partial charge in [0, 0.05) is 5.57 Å². The van der Waals surface area contributed by atoms with E-state index in [9.17, 15) is 8.78 Å². The van der Waals surface area contributed by atoms with E-state index in [2.05, 4.69) is 0 Å². The molecule has 0 aliphatic rings. The van der Waals surface area contributed by atoms with E-state index in [4.69, 9.17) is 11.6 Å². The van der Waals surface area contributed by atoms with Gasteiger partial charge < -0.3 is 0 Å². The molecule has 1 atom stereocenters. The quantitative estimate of drug-likeness (QED) is 0.474. The van der Waals surface area contributed by atoms with Gasteiger partial charge in [-0.15, -0.1) is 0 Å². The number of halogens is 3. The summed E-state index contributed by atoms with van der Waals surface area (Å²) in [6, 6.07) is 0. The normalized spacial score (nSPS) is 16.9. The summed E-state index contributed by atoms with van der Waals surface area (Å²) in [7, 11) is 0. The molecule has 1 unspecified atom stereocenters. The fourth-order valence-electron chi connectivity index (χ4n) is 0.0476. The number of allylic oxidation sites excluding steroid dienone is 1. The Morgan fingerprint density at radius 2 is 2.29 bits per heavy atom.